The van der Waals surface area contributed by atoms with Crippen LogP contribution in [0.25, 0.3) is 65.8 Å². The van der Waals surface area contributed by atoms with Crippen molar-refractivity contribution in [3.63, 3.8) is 0 Å². The number of amides is 6. The van der Waals surface area contributed by atoms with E-state index in [1.165, 1.54) is 5.56 Å². The molecule has 6 aromatic heterocycles. The third-order valence-electron chi connectivity index (χ3n) is 17.5. The molecule has 9 heterocycles. The van der Waals surface area contributed by atoms with E-state index >= 15 is 0 Å². The molecule has 522 valence electrons. The van der Waals surface area contributed by atoms with Crippen molar-refractivity contribution in [3.05, 3.63) is 162 Å². The third kappa shape index (κ3) is 18.0. The molecular formula is C77H85N9O14. The van der Waals surface area contributed by atoms with E-state index in [4.69, 9.17) is 38.3 Å². The molecule has 3 aliphatic heterocycles. The molecule has 23 heteroatoms. The number of nitrogens with one attached hydrogen (secondary N) is 3. The summed E-state index contributed by atoms with van der Waals surface area (Å²) in [6, 6.07) is 38.7. The van der Waals surface area contributed by atoms with Crippen LogP contribution < -0.4 is 16.0 Å². The number of carbonyl (C=O) groups is 6. The first kappa shape index (κ1) is 71.7. The number of benzene rings is 4. The first-order valence-electron chi connectivity index (χ1n) is 34.4. The number of nitrogens with zero attached hydrogens (tertiary/aromatic N) is 6. The van der Waals surface area contributed by atoms with Gasteiger partial charge < -0.3 is 52.0 Å². The lowest BCUT2D eigenvalue weighted by Crippen LogP contribution is -2.41. The number of aliphatic hydroxyl groups excluding tert-OH is 1. The minimum absolute atomic E-state index is 0.0214. The highest BCUT2D eigenvalue weighted by molar-refractivity contribution is 6.13. The number of aryl methyl sites for hydroxylation is 2. The van der Waals surface area contributed by atoms with Gasteiger partial charge in [0.05, 0.1) is 89.2 Å². The van der Waals surface area contributed by atoms with Gasteiger partial charge in [0, 0.05) is 95.6 Å². The van der Waals surface area contributed by atoms with Gasteiger partial charge in [0.1, 0.15) is 41.7 Å². The zero-order chi connectivity index (χ0) is 69.4. The van der Waals surface area contributed by atoms with E-state index in [1.807, 2.05) is 105 Å². The highest BCUT2D eigenvalue weighted by atomic mass is 16.5. The van der Waals surface area contributed by atoms with Gasteiger partial charge in [-0.1, -0.05) is 79.4 Å². The molecular weight excluding hydrogens is 1270 g/mol. The Kier molecular flexibility index (Phi) is 26.1. The predicted molar refractivity (Wildman–Crippen MR) is 378 cm³/mol. The molecule has 3 unspecified atom stereocenters. The number of ether oxygens (including phenoxy) is 7. The standard InChI is InChI=1S/C30H29N3O5.C24H29N3O4.C23H27N3O5/c34-27-14-13-26(30(35)32-27)33-25-12-4-9-23(28(25)24-11-5-15-31-29(24)33)10-6-16-36-17-18-37-19-20-38-21-22-7-2-1-3-8-22;1-2-13-30-15-16-31-14-5-7-17-6-3-9-19-22(17)18-8-4-12-25-23(18)27(19)20-10-11-21(28)26-24(20)29;27-10-12-31-14-13-30-11-2-3-16-5-6-17-18-4-1-9-24-22(18)26(20(17)15-16)19-7-8-21(28)25-23(19)29/h1-5,7-9,11-12,15,26H,13-14,16-21H2,(H,32,34,35);3-4,6,8-9,12,20H,2,5,7,10-11,13-16H2,1H3,(H,26,28,29);1,4-6,9,15,19,27H,2-3,7-8,10-14H2,(H,25,28,29). The van der Waals surface area contributed by atoms with Crippen molar-refractivity contribution in [3.8, 4) is 11.8 Å². The number of fused-ring (bicyclic) bond motifs is 9. The average molecular weight is 1360 g/mol. The maximum absolute atomic E-state index is 12.7. The molecule has 0 saturated carbocycles. The second-order valence-corrected chi connectivity index (χ2v) is 24.4. The number of piperidine rings is 3. The Bertz CT molecular complexity index is 4500. The number of imide groups is 3. The molecule has 3 saturated heterocycles. The normalized spacial score (nSPS) is 16.3. The van der Waals surface area contributed by atoms with Crippen LogP contribution in [-0.2, 0) is 81.4 Å². The van der Waals surface area contributed by atoms with Crippen LogP contribution in [0.5, 0.6) is 0 Å². The maximum atomic E-state index is 12.7. The lowest BCUT2D eigenvalue weighted by atomic mass is 10.0. The first-order valence-corrected chi connectivity index (χ1v) is 34.4. The summed E-state index contributed by atoms with van der Waals surface area (Å²) in [6.07, 6.45) is 12.0. The van der Waals surface area contributed by atoms with Crippen LogP contribution >= 0.6 is 0 Å². The molecule has 3 fully saturated rings. The largest absolute Gasteiger partial charge is 0.394 e. The van der Waals surface area contributed by atoms with Gasteiger partial charge in [0.2, 0.25) is 35.4 Å². The van der Waals surface area contributed by atoms with Crippen molar-refractivity contribution in [2.75, 3.05) is 92.5 Å². The molecule has 6 amide bonds. The number of rotatable bonds is 30. The molecule has 4 aromatic carbocycles. The van der Waals surface area contributed by atoms with Crippen molar-refractivity contribution in [1.29, 1.82) is 0 Å². The summed E-state index contributed by atoms with van der Waals surface area (Å²) in [5.41, 5.74) is 9.39. The molecule has 10 aromatic rings. The second-order valence-electron chi connectivity index (χ2n) is 24.4. The van der Waals surface area contributed by atoms with Crippen molar-refractivity contribution in [2.45, 2.75) is 102 Å². The first-order chi connectivity index (χ1) is 49.1. The minimum Gasteiger partial charge on any atom is -0.394 e. The highest BCUT2D eigenvalue weighted by Crippen LogP contribution is 2.38. The Labute approximate surface area is 579 Å². The summed E-state index contributed by atoms with van der Waals surface area (Å²) in [6.45, 7) is 9.55. The van der Waals surface area contributed by atoms with Gasteiger partial charge >= 0.3 is 0 Å². The number of carbonyl (C=O) groups excluding carboxylic acids is 6. The molecule has 100 heavy (non-hydrogen) atoms. The van der Waals surface area contributed by atoms with Gasteiger partial charge in [-0.2, -0.15) is 0 Å². The van der Waals surface area contributed by atoms with Crippen LogP contribution in [0.4, 0.5) is 0 Å². The van der Waals surface area contributed by atoms with E-state index in [0.717, 1.165) is 116 Å². The number of hydrogen-bond donors (Lipinski definition) is 4. The monoisotopic (exact) mass is 1360 g/mol. The Hall–Kier alpha value is -9.61. The zero-order valence-electron chi connectivity index (χ0n) is 56.3. The van der Waals surface area contributed by atoms with Crippen LogP contribution in [-0.4, -0.2) is 162 Å². The van der Waals surface area contributed by atoms with E-state index in [9.17, 15) is 28.8 Å². The fourth-order valence-electron chi connectivity index (χ4n) is 13.0. The molecule has 0 spiro atoms. The highest BCUT2D eigenvalue weighted by Gasteiger charge is 2.34. The molecule has 3 aliphatic rings. The van der Waals surface area contributed by atoms with Gasteiger partial charge in [-0.3, -0.25) is 44.7 Å². The van der Waals surface area contributed by atoms with E-state index in [1.54, 1.807) is 18.6 Å². The van der Waals surface area contributed by atoms with Crippen LogP contribution in [0.15, 0.2) is 140 Å². The Balaban J connectivity index is 0.000000152. The molecule has 0 bridgehead atoms. The van der Waals surface area contributed by atoms with Gasteiger partial charge in [0.25, 0.3) is 0 Å². The lowest BCUT2D eigenvalue weighted by molar-refractivity contribution is -0.137. The summed E-state index contributed by atoms with van der Waals surface area (Å²) in [4.78, 5) is 86.5. The van der Waals surface area contributed by atoms with Crippen molar-refractivity contribution < 1.29 is 67.0 Å². The Morgan fingerprint density at radius 2 is 0.940 bits per heavy atom. The summed E-state index contributed by atoms with van der Waals surface area (Å²) in [5, 5.41) is 22.1. The predicted octanol–water partition coefficient (Wildman–Crippen LogP) is 9.44. The number of pyridine rings is 3. The minimum atomic E-state index is -0.502. The van der Waals surface area contributed by atoms with E-state index < -0.39 is 18.1 Å². The van der Waals surface area contributed by atoms with Crippen molar-refractivity contribution in [2.24, 2.45) is 0 Å². The van der Waals surface area contributed by atoms with Gasteiger partial charge in [-0.15, -0.1) is 0 Å². The van der Waals surface area contributed by atoms with Crippen LogP contribution in [0.2, 0.25) is 0 Å². The quantitative estimate of drug-likeness (QED) is 0.0185. The number of aromatic nitrogens is 6. The lowest BCUT2D eigenvalue weighted by Gasteiger charge is -2.23. The smallest absolute Gasteiger partial charge is 0.249 e. The van der Waals surface area contributed by atoms with Crippen LogP contribution in [0, 0.1) is 11.8 Å². The molecule has 3 atom stereocenters. The number of aliphatic hydroxyl groups is 1. The van der Waals surface area contributed by atoms with Gasteiger partial charge in [-0.25, -0.2) is 15.0 Å². The summed E-state index contributed by atoms with van der Waals surface area (Å²) < 4.78 is 44.6. The van der Waals surface area contributed by atoms with Crippen LogP contribution in [0.1, 0.15) is 105 Å². The average Bonchev–Trinajstić information content (AvgIpc) is 1.61. The number of hydrogen-bond acceptors (Lipinski definition) is 17. The van der Waals surface area contributed by atoms with Gasteiger partial charge in [-0.05, 0) is 129 Å². The summed E-state index contributed by atoms with van der Waals surface area (Å²) in [7, 11) is 0. The molecule has 4 N–H and O–H groups in total. The van der Waals surface area contributed by atoms with Crippen LogP contribution in [0.3, 0.4) is 0 Å². The summed E-state index contributed by atoms with van der Waals surface area (Å²) in [5.74, 6) is 4.78. The van der Waals surface area contributed by atoms with E-state index in [-0.39, 0.29) is 48.7 Å². The third-order valence-corrected chi connectivity index (χ3v) is 17.5. The summed E-state index contributed by atoms with van der Waals surface area (Å²) >= 11 is 0. The van der Waals surface area contributed by atoms with E-state index in [0.29, 0.717) is 123 Å². The van der Waals surface area contributed by atoms with Gasteiger partial charge in [0.15, 0.2) is 0 Å². The van der Waals surface area contributed by atoms with Crippen molar-refractivity contribution in [1.82, 2.24) is 44.6 Å². The Morgan fingerprint density at radius 3 is 1.52 bits per heavy atom. The SMILES string of the molecule is CCCOCCOCCCc1cccc2c1c1cccnc1n2C1CCC(=O)NC1=O.O=C1CCC(n2c3cc(CCCOCCOCCO)ccc3c3cccnc32)C(=O)N1.O=C1CCC(n2c3cccc(C#CCOCCOCCOCc4ccccc4)c3c3cccnc32)C(=O)N1. The fraction of sp³-hybridized carbons (Fsp3) is 0.390. The molecule has 23 nitrogen and oxygen atoms in total. The Morgan fingerprint density at radius 1 is 0.450 bits per heavy atom. The topological polar surface area (TPSA) is 277 Å². The van der Waals surface area contributed by atoms with E-state index in [2.05, 4.69) is 80.0 Å². The molecule has 0 aliphatic carbocycles. The molecule has 13 rings (SSSR count). The van der Waals surface area contributed by atoms with Crippen molar-refractivity contribution >= 4 is 101 Å². The second kappa shape index (κ2) is 36.5. The maximum Gasteiger partial charge on any atom is 0.249 e. The zero-order valence-corrected chi connectivity index (χ0v) is 56.3. The molecule has 0 radical (unpaired) electrons. The fourth-order valence-corrected chi connectivity index (χ4v) is 13.0.